The van der Waals surface area contributed by atoms with Gasteiger partial charge in [-0.3, -0.25) is 9.78 Å². The van der Waals surface area contributed by atoms with Gasteiger partial charge in [-0.1, -0.05) is 0 Å². The van der Waals surface area contributed by atoms with Gasteiger partial charge in [-0.25, -0.2) is 4.99 Å². The van der Waals surface area contributed by atoms with Gasteiger partial charge in [0.1, 0.15) is 29.6 Å². The molecule has 1 heterocycles. The average molecular weight is 391 g/mol. The van der Waals surface area contributed by atoms with E-state index in [0.717, 1.165) is 5.69 Å². The SMILES string of the molecule is CN/C=C(\N=C/Nc1cc(OCc2ccc(OC)cn2)ccc1O)C(=O)Cl. The number of hydrogen-bond donors (Lipinski definition) is 3. The van der Waals surface area contributed by atoms with Crippen LogP contribution >= 0.6 is 11.6 Å². The summed E-state index contributed by atoms with van der Waals surface area (Å²) >= 11 is 5.41. The van der Waals surface area contributed by atoms with Crippen LogP contribution in [0.15, 0.2) is 53.4 Å². The number of anilines is 1. The third kappa shape index (κ3) is 6.19. The predicted molar refractivity (Wildman–Crippen MR) is 103 cm³/mol. The first-order chi connectivity index (χ1) is 13.0. The first-order valence-corrected chi connectivity index (χ1v) is 8.22. The fraction of sp³-hybridized carbons (Fsp3) is 0.167. The second-order valence-electron chi connectivity index (χ2n) is 5.15. The van der Waals surface area contributed by atoms with E-state index >= 15 is 0 Å². The Kier molecular flexibility index (Phi) is 7.45. The second kappa shape index (κ2) is 10.0. The molecule has 1 aromatic carbocycles. The summed E-state index contributed by atoms with van der Waals surface area (Å²) in [6.07, 6.45) is 4.20. The van der Waals surface area contributed by atoms with Crippen molar-refractivity contribution in [1.29, 1.82) is 0 Å². The molecule has 27 heavy (non-hydrogen) atoms. The molecule has 0 aliphatic heterocycles. The Morgan fingerprint density at radius 3 is 2.74 bits per heavy atom. The lowest BCUT2D eigenvalue weighted by molar-refractivity contribution is -0.108. The summed E-state index contributed by atoms with van der Waals surface area (Å²) in [5.41, 5.74) is 1.09. The Morgan fingerprint density at radius 1 is 1.33 bits per heavy atom. The number of carbonyl (C=O) groups is 1. The van der Waals surface area contributed by atoms with Crippen LogP contribution in [-0.2, 0) is 11.4 Å². The van der Waals surface area contributed by atoms with Crippen LogP contribution < -0.4 is 20.1 Å². The summed E-state index contributed by atoms with van der Waals surface area (Å²) in [5, 5.41) is 14.7. The molecule has 2 rings (SSSR count). The lowest BCUT2D eigenvalue weighted by Crippen LogP contribution is -2.03. The number of ether oxygens (including phenoxy) is 2. The number of methoxy groups -OCH3 is 1. The van der Waals surface area contributed by atoms with E-state index in [9.17, 15) is 9.90 Å². The molecule has 0 saturated carbocycles. The number of aromatic hydroxyl groups is 1. The number of carbonyl (C=O) groups excluding carboxylic acids is 1. The summed E-state index contributed by atoms with van der Waals surface area (Å²) in [6.45, 7) is 0.248. The number of benzene rings is 1. The highest BCUT2D eigenvalue weighted by Crippen LogP contribution is 2.28. The number of allylic oxidation sites excluding steroid dienone is 1. The molecule has 0 spiro atoms. The Bertz CT molecular complexity index is 838. The number of aromatic nitrogens is 1. The van der Waals surface area contributed by atoms with E-state index in [-0.39, 0.29) is 18.1 Å². The Hall–Kier alpha value is -3.26. The number of phenolic OH excluding ortho intramolecular Hbond substituents is 1. The third-order valence-corrected chi connectivity index (χ3v) is 3.49. The van der Waals surface area contributed by atoms with Crippen molar-refractivity contribution in [2.45, 2.75) is 6.61 Å². The standard InChI is InChI=1S/C18H19ClN4O4/c1-20-9-16(18(19)25)23-11-22-15-7-13(5-6-17(15)24)27-10-12-3-4-14(26-2)8-21-12/h3-9,11,20,24H,10H2,1-2H3,(H,22,23)/b16-9-. The fourth-order valence-electron chi connectivity index (χ4n) is 1.95. The Labute approximate surface area is 161 Å². The maximum atomic E-state index is 11.2. The van der Waals surface area contributed by atoms with Crippen molar-refractivity contribution in [2.24, 2.45) is 4.99 Å². The number of halogens is 1. The molecule has 142 valence electrons. The van der Waals surface area contributed by atoms with Crippen LogP contribution in [0.4, 0.5) is 5.69 Å². The first-order valence-electron chi connectivity index (χ1n) is 7.84. The molecule has 9 heteroatoms. The van der Waals surface area contributed by atoms with Crippen LogP contribution in [-0.4, -0.2) is 35.8 Å². The largest absolute Gasteiger partial charge is 0.506 e. The first kappa shape index (κ1) is 20.1. The van der Waals surface area contributed by atoms with Crippen molar-refractivity contribution in [3.63, 3.8) is 0 Å². The molecule has 3 N–H and O–H groups in total. The molecule has 8 nitrogen and oxygen atoms in total. The van der Waals surface area contributed by atoms with Gasteiger partial charge in [0.2, 0.25) is 0 Å². The highest BCUT2D eigenvalue weighted by Gasteiger charge is 2.05. The molecule has 0 fully saturated rings. The van der Waals surface area contributed by atoms with E-state index in [2.05, 4.69) is 20.6 Å². The molecular weight excluding hydrogens is 372 g/mol. The van der Waals surface area contributed by atoms with Crippen LogP contribution in [0, 0.1) is 0 Å². The summed E-state index contributed by atoms with van der Waals surface area (Å²) in [7, 11) is 3.19. The van der Waals surface area contributed by atoms with Gasteiger partial charge in [0.05, 0.1) is 31.0 Å². The van der Waals surface area contributed by atoms with Crippen LogP contribution in [0.25, 0.3) is 0 Å². The van der Waals surface area contributed by atoms with Gasteiger partial charge in [0.15, 0.2) is 0 Å². The third-order valence-electron chi connectivity index (χ3n) is 3.29. The summed E-state index contributed by atoms with van der Waals surface area (Å²) in [5.74, 6) is 1.17. The van der Waals surface area contributed by atoms with E-state index in [4.69, 9.17) is 21.1 Å². The van der Waals surface area contributed by atoms with Crippen LogP contribution in [0.1, 0.15) is 5.69 Å². The van der Waals surface area contributed by atoms with Gasteiger partial charge in [0.25, 0.3) is 5.24 Å². The van der Waals surface area contributed by atoms with E-state index in [1.165, 1.54) is 18.6 Å². The average Bonchev–Trinajstić information content (AvgIpc) is 2.67. The minimum Gasteiger partial charge on any atom is -0.506 e. The maximum Gasteiger partial charge on any atom is 0.272 e. The summed E-state index contributed by atoms with van der Waals surface area (Å²) < 4.78 is 10.7. The topological polar surface area (TPSA) is 105 Å². The monoisotopic (exact) mass is 390 g/mol. The predicted octanol–water partition coefficient (Wildman–Crippen LogP) is 2.64. The van der Waals surface area contributed by atoms with E-state index in [0.29, 0.717) is 17.2 Å². The zero-order valence-corrected chi connectivity index (χ0v) is 15.5. The number of nitrogens with zero attached hydrogens (tertiary/aromatic N) is 2. The van der Waals surface area contributed by atoms with Crippen molar-refractivity contribution in [3.05, 3.63) is 54.1 Å². The normalized spacial score (nSPS) is 11.3. The smallest absolute Gasteiger partial charge is 0.272 e. The van der Waals surface area contributed by atoms with Crippen molar-refractivity contribution in [3.8, 4) is 17.2 Å². The van der Waals surface area contributed by atoms with Crippen LogP contribution in [0.2, 0.25) is 0 Å². The fourth-order valence-corrected chi connectivity index (χ4v) is 2.05. The van der Waals surface area contributed by atoms with Crippen molar-refractivity contribution >= 4 is 28.9 Å². The number of nitrogens with one attached hydrogen (secondary N) is 2. The molecule has 0 aliphatic rings. The lowest BCUT2D eigenvalue weighted by Gasteiger charge is -2.09. The second-order valence-corrected chi connectivity index (χ2v) is 5.49. The van der Waals surface area contributed by atoms with Crippen LogP contribution in [0.3, 0.4) is 0 Å². The summed E-state index contributed by atoms with van der Waals surface area (Å²) in [4.78, 5) is 19.3. The number of pyridine rings is 1. The number of aliphatic imine (C=N–C) groups is 1. The molecule has 0 saturated heterocycles. The maximum absolute atomic E-state index is 11.2. The quantitative estimate of drug-likeness (QED) is 0.199. The molecule has 0 amide bonds. The molecule has 2 aromatic rings. The molecule has 0 atom stereocenters. The molecule has 0 bridgehead atoms. The Balaban J connectivity index is 2.02. The molecular formula is C18H19ClN4O4. The molecule has 0 radical (unpaired) electrons. The lowest BCUT2D eigenvalue weighted by atomic mass is 10.2. The van der Waals surface area contributed by atoms with Crippen LogP contribution in [0.5, 0.6) is 17.2 Å². The highest BCUT2D eigenvalue weighted by molar-refractivity contribution is 6.67. The molecule has 1 aromatic heterocycles. The van der Waals surface area contributed by atoms with Gasteiger partial charge in [-0.15, -0.1) is 0 Å². The van der Waals surface area contributed by atoms with Gasteiger partial charge in [0, 0.05) is 19.3 Å². The van der Waals surface area contributed by atoms with Gasteiger partial charge < -0.3 is 25.2 Å². The highest BCUT2D eigenvalue weighted by atomic mass is 35.5. The number of hydrogen-bond acceptors (Lipinski definition) is 7. The number of rotatable bonds is 9. The van der Waals surface area contributed by atoms with Gasteiger partial charge >= 0.3 is 0 Å². The number of phenols is 1. The molecule has 0 aliphatic carbocycles. The molecule has 0 unspecified atom stereocenters. The van der Waals surface area contributed by atoms with Crippen molar-refractivity contribution < 1.29 is 19.4 Å². The van der Waals surface area contributed by atoms with Crippen molar-refractivity contribution in [2.75, 3.05) is 19.5 Å². The summed E-state index contributed by atoms with van der Waals surface area (Å²) in [6, 6.07) is 8.28. The van der Waals surface area contributed by atoms with Crippen molar-refractivity contribution in [1.82, 2.24) is 10.3 Å². The van der Waals surface area contributed by atoms with E-state index < -0.39 is 5.24 Å². The zero-order valence-electron chi connectivity index (χ0n) is 14.8. The minimum absolute atomic E-state index is 0.00674. The van der Waals surface area contributed by atoms with Gasteiger partial charge in [-0.2, -0.15) is 0 Å². The van der Waals surface area contributed by atoms with E-state index in [1.54, 1.807) is 44.6 Å². The minimum atomic E-state index is -0.712. The van der Waals surface area contributed by atoms with E-state index in [1.807, 2.05) is 0 Å². The zero-order chi connectivity index (χ0) is 19.6. The van der Waals surface area contributed by atoms with Gasteiger partial charge in [-0.05, 0) is 35.9 Å². The Morgan fingerprint density at radius 2 is 2.11 bits per heavy atom.